The van der Waals surface area contributed by atoms with Crippen LogP contribution in [0.4, 0.5) is 5.82 Å². The van der Waals surface area contributed by atoms with Gasteiger partial charge in [0.2, 0.25) is 0 Å². The van der Waals surface area contributed by atoms with Gasteiger partial charge in [0.1, 0.15) is 5.82 Å². The molecule has 4 rings (SSSR count). The second kappa shape index (κ2) is 7.78. The van der Waals surface area contributed by atoms with E-state index in [0.717, 1.165) is 19.3 Å². The molecule has 8 nitrogen and oxygen atoms in total. The first kappa shape index (κ1) is 21.5. The van der Waals surface area contributed by atoms with Gasteiger partial charge in [-0.2, -0.15) is 5.10 Å². The highest BCUT2D eigenvalue weighted by Gasteiger charge is 2.36. The van der Waals surface area contributed by atoms with Crippen LogP contribution >= 0.6 is 0 Å². The number of nitrogens with zero attached hydrogens (tertiary/aromatic N) is 2. The smallest absolute Gasteiger partial charge is 0.314 e. The third kappa shape index (κ3) is 4.66. The van der Waals surface area contributed by atoms with Gasteiger partial charge in [0.15, 0.2) is 9.84 Å². The third-order valence-corrected chi connectivity index (χ3v) is 7.39. The number of hydrogen-bond acceptors (Lipinski definition) is 5. The van der Waals surface area contributed by atoms with Gasteiger partial charge < -0.3 is 10.6 Å². The molecule has 0 saturated heterocycles. The Hall–Kier alpha value is -2.68. The summed E-state index contributed by atoms with van der Waals surface area (Å²) < 4.78 is 25.7. The van der Waals surface area contributed by atoms with Gasteiger partial charge >= 0.3 is 11.8 Å². The van der Waals surface area contributed by atoms with Crippen LogP contribution in [-0.2, 0) is 30.9 Å². The molecule has 1 saturated carbocycles. The molecule has 0 unspecified atom stereocenters. The maximum absolute atomic E-state index is 12.8. The van der Waals surface area contributed by atoms with E-state index < -0.39 is 21.7 Å². The van der Waals surface area contributed by atoms with Crippen molar-refractivity contribution >= 4 is 27.5 Å². The zero-order chi connectivity index (χ0) is 22.4. The monoisotopic (exact) mass is 444 g/mol. The number of fused-ring (bicyclic) bond motifs is 1. The lowest BCUT2D eigenvalue weighted by molar-refractivity contribution is -0.137. The fourth-order valence-corrected chi connectivity index (χ4v) is 6.49. The Morgan fingerprint density at radius 1 is 1.10 bits per heavy atom. The normalized spacial score (nSPS) is 23.7. The van der Waals surface area contributed by atoms with Crippen LogP contribution in [0.15, 0.2) is 30.3 Å². The minimum atomic E-state index is -3.31. The molecule has 31 heavy (non-hydrogen) atoms. The van der Waals surface area contributed by atoms with Gasteiger partial charge in [0.05, 0.1) is 22.9 Å². The van der Waals surface area contributed by atoms with Crippen LogP contribution in [0.5, 0.6) is 0 Å². The number of sulfone groups is 1. The molecule has 1 aromatic heterocycles. The van der Waals surface area contributed by atoms with Gasteiger partial charge in [-0.15, -0.1) is 0 Å². The fourth-order valence-electron chi connectivity index (χ4n) is 5.00. The molecule has 2 aliphatic rings. The van der Waals surface area contributed by atoms with Crippen molar-refractivity contribution in [2.75, 3.05) is 5.32 Å². The Balaban J connectivity index is 1.56. The number of benzene rings is 1. The van der Waals surface area contributed by atoms with Crippen molar-refractivity contribution in [2.24, 2.45) is 11.3 Å². The van der Waals surface area contributed by atoms with Crippen LogP contribution in [0.3, 0.4) is 0 Å². The minimum Gasteiger partial charge on any atom is -0.345 e. The predicted octanol–water partition coefficient (Wildman–Crippen LogP) is 2.57. The van der Waals surface area contributed by atoms with Crippen LogP contribution in [0.1, 0.15) is 51.3 Å². The summed E-state index contributed by atoms with van der Waals surface area (Å²) in [5.74, 6) is -1.22. The first-order chi connectivity index (χ1) is 14.5. The topological polar surface area (TPSA) is 110 Å². The summed E-state index contributed by atoms with van der Waals surface area (Å²) in [6, 6.07) is 9.04. The van der Waals surface area contributed by atoms with Crippen LogP contribution in [0, 0.1) is 11.3 Å². The standard InChI is InChI=1S/C22H28N4O4S/c1-14-9-15(11-22(2,3)10-14)23-20(27)21(28)24-19-17-12-31(29,30)13-18(17)25-26(19)16-7-5-4-6-8-16/h4-8,14-15H,9-13H2,1-3H3,(H,23,27)(H,24,28)/t14-,15-/m0/s1. The molecule has 1 aliphatic carbocycles. The summed E-state index contributed by atoms with van der Waals surface area (Å²) in [6.07, 6.45) is 2.73. The third-order valence-electron chi connectivity index (χ3n) is 5.95. The number of amides is 2. The van der Waals surface area contributed by atoms with Crippen LogP contribution in [0.25, 0.3) is 5.69 Å². The number of anilines is 1. The largest absolute Gasteiger partial charge is 0.345 e. The maximum atomic E-state index is 12.8. The Bertz CT molecular complexity index is 1120. The van der Waals surface area contributed by atoms with Gasteiger partial charge in [0, 0.05) is 11.6 Å². The summed E-state index contributed by atoms with van der Waals surface area (Å²) in [7, 11) is -3.31. The van der Waals surface area contributed by atoms with E-state index in [1.807, 2.05) is 18.2 Å². The van der Waals surface area contributed by atoms with Crippen molar-refractivity contribution in [2.45, 2.75) is 57.6 Å². The second-order valence-electron chi connectivity index (χ2n) is 9.59. The zero-order valence-electron chi connectivity index (χ0n) is 18.0. The van der Waals surface area contributed by atoms with E-state index in [4.69, 9.17) is 0 Å². The van der Waals surface area contributed by atoms with Crippen molar-refractivity contribution in [3.8, 4) is 5.69 Å². The molecule has 2 atom stereocenters. The van der Waals surface area contributed by atoms with E-state index >= 15 is 0 Å². The van der Waals surface area contributed by atoms with Crippen molar-refractivity contribution in [1.29, 1.82) is 0 Å². The maximum Gasteiger partial charge on any atom is 0.314 e. The molecule has 2 heterocycles. The lowest BCUT2D eigenvalue weighted by Gasteiger charge is -2.39. The number of aromatic nitrogens is 2. The highest BCUT2D eigenvalue weighted by Crippen LogP contribution is 2.38. The highest BCUT2D eigenvalue weighted by atomic mass is 32.2. The van der Waals surface area contributed by atoms with Gasteiger partial charge in [-0.25, -0.2) is 13.1 Å². The average Bonchev–Trinajstić information content (AvgIpc) is 3.13. The number of rotatable bonds is 3. The van der Waals surface area contributed by atoms with E-state index in [2.05, 4.69) is 36.5 Å². The van der Waals surface area contributed by atoms with Crippen molar-refractivity contribution in [3.63, 3.8) is 0 Å². The number of carbonyl (C=O) groups excluding carboxylic acids is 2. The second-order valence-corrected chi connectivity index (χ2v) is 11.7. The molecule has 0 bridgehead atoms. The molecule has 2 N–H and O–H groups in total. The molecule has 9 heteroatoms. The van der Waals surface area contributed by atoms with Gasteiger partial charge in [-0.1, -0.05) is 39.0 Å². The lowest BCUT2D eigenvalue weighted by Crippen LogP contribution is -2.46. The SMILES string of the molecule is C[C@H]1C[C@H](NC(=O)C(=O)Nc2c3c(nn2-c2ccccc2)CS(=O)(=O)C3)CC(C)(C)C1. The van der Waals surface area contributed by atoms with E-state index in [-0.39, 0.29) is 28.8 Å². The average molecular weight is 445 g/mol. The Kier molecular flexibility index (Phi) is 5.41. The Labute approximate surface area is 182 Å². The Morgan fingerprint density at radius 2 is 1.81 bits per heavy atom. The molecule has 2 amide bonds. The first-order valence-corrected chi connectivity index (χ1v) is 12.3. The van der Waals surface area contributed by atoms with E-state index in [1.165, 1.54) is 4.68 Å². The fraction of sp³-hybridized carbons (Fsp3) is 0.500. The van der Waals surface area contributed by atoms with Crippen molar-refractivity contribution in [1.82, 2.24) is 15.1 Å². The zero-order valence-corrected chi connectivity index (χ0v) is 18.8. The molecule has 1 aromatic carbocycles. The Morgan fingerprint density at radius 3 is 2.48 bits per heavy atom. The van der Waals surface area contributed by atoms with Crippen molar-refractivity contribution < 1.29 is 18.0 Å². The van der Waals surface area contributed by atoms with E-state index in [9.17, 15) is 18.0 Å². The summed E-state index contributed by atoms with van der Waals surface area (Å²) in [5, 5.41) is 9.90. The summed E-state index contributed by atoms with van der Waals surface area (Å²) in [5.41, 5.74) is 1.63. The van der Waals surface area contributed by atoms with Crippen LogP contribution in [-0.4, -0.2) is 36.1 Å². The summed E-state index contributed by atoms with van der Waals surface area (Å²) >= 11 is 0. The molecular weight excluding hydrogens is 416 g/mol. The van der Waals surface area contributed by atoms with Crippen molar-refractivity contribution in [3.05, 3.63) is 41.6 Å². The highest BCUT2D eigenvalue weighted by molar-refractivity contribution is 7.90. The lowest BCUT2D eigenvalue weighted by atomic mass is 9.70. The van der Waals surface area contributed by atoms with E-state index in [0.29, 0.717) is 22.9 Å². The van der Waals surface area contributed by atoms with E-state index in [1.54, 1.807) is 12.1 Å². The molecule has 1 fully saturated rings. The molecule has 2 aromatic rings. The number of nitrogens with one attached hydrogen (secondary N) is 2. The van der Waals surface area contributed by atoms with Crippen LogP contribution < -0.4 is 10.6 Å². The van der Waals surface area contributed by atoms with Gasteiger partial charge in [-0.3, -0.25) is 9.59 Å². The van der Waals surface area contributed by atoms with Gasteiger partial charge in [0.25, 0.3) is 0 Å². The molecular formula is C22H28N4O4S. The van der Waals surface area contributed by atoms with Crippen LogP contribution in [0.2, 0.25) is 0 Å². The molecule has 1 aliphatic heterocycles. The van der Waals surface area contributed by atoms with Gasteiger partial charge in [-0.05, 0) is 42.7 Å². The quantitative estimate of drug-likeness (QED) is 0.707. The first-order valence-electron chi connectivity index (χ1n) is 10.5. The summed E-state index contributed by atoms with van der Waals surface area (Å²) in [6.45, 7) is 6.50. The number of para-hydroxylation sites is 1. The number of hydrogen-bond donors (Lipinski definition) is 2. The number of carbonyl (C=O) groups is 2. The predicted molar refractivity (Wildman–Crippen MR) is 117 cm³/mol. The molecule has 0 radical (unpaired) electrons. The minimum absolute atomic E-state index is 0.0675. The molecule has 0 spiro atoms. The molecule has 166 valence electrons. The summed E-state index contributed by atoms with van der Waals surface area (Å²) in [4.78, 5) is 25.4.